The summed E-state index contributed by atoms with van der Waals surface area (Å²) in [7, 11) is 0. The first-order chi connectivity index (χ1) is 12.8. The Hall–Kier alpha value is -2.50. The van der Waals surface area contributed by atoms with E-state index in [-0.39, 0.29) is 0 Å². The van der Waals surface area contributed by atoms with Crippen molar-refractivity contribution in [3.63, 3.8) is 0 Å². The zero-order valence-electron chi connectivity index (χ0n) is 14.9. The first-order valence-electron chi connectivity index (χ1n) is 9.19. The summed E-state index contributed by atoms with van der Waals surface area (Å²) in [6.45, 7) is 5.96. The number of rotatable bonds is 6. The van der Waals surface area contributed by atoms with Gasteiger partial charge in [0.25, 0.3) is 0 Å². The van der Waals surface area contributed by atoms with E-state index in [0.29, 0.717) is 18.2 Å². The van der Waals surface area contributed by atoms with Crippen LogP contribution in [-0.4, -0.2) is 46.2 Å². The molecule has 3 aromatic rings. The van der Waals surface area contributed by atoms with Gasteiger partial charge in [-0.3, -0.25) is 9.80 Å². The molecule has 1 saturated heterocycles. The molecule has 2 aromatic carbocycles. The third-order valence-corrected chi connectivity index (χ3v) is 4.78. The van der Waals surface area contributed by atoms with Gasteiger partial charge in [-0.1, -0.05) is 60.7 Å². The molecule has 1 aliphatic heterocycles. The van der Waals surface area contributed by atoms with Crippen LogP contribution in [0.4, 0.5) is 0 Å². The lowest BCUT2D eigenvalue weighted by atomic mass is 10.2. The Bertz CT molecular complexity index is 795. The maximum absolute atomic E-state index is 5.84. The maximum Gasteiger partial charge on any atom is 0.230 e. The van der Waals surface area contributed by atoms with Crippen molar-refractivity contribution in [1.29, 1.82) is 0 Å². The highest BCUT2D eigenvalue weighted by Gasteiger charge is 2.19. The topological polar surface area (TPSA) is 45.4 Å². The molecule has 1 aliphatic rings. The Morgan fingerprint density at radius 2 is 1.19 bits per heavy atom. The highest BCUT2D eigenvalue weighted by atomic mass is 16.4. The lowest BCUT2D eigenvalue weighted by Crippen LogP contribution is -2.45. The van der Waals surface area contributed by atoms with Crippen molar-refractivity contribution in [3.8, 4) is 0 Å². The largest absolute Gasteiger partial charge is 0.424 e. The second kappa shape index (κ2) is 8.25. The third kappa shape index (κ3) is 4.56. The van der Waals surface area contributed by atoms with Gasteiger partial charge < -0.3 is 4.42 Å². The van der Waals surface area contributed by atoms with Crippen LogP contribution in [0.2, 0.25) is 0 Å². The smallest absolute Gasteiger partial charge is 0.230 e. The predicted molar refractivity (Wildman–Crippen MR) is 101 cm³/mol. The summed E-state index contributed by atoms with van der Waals surface area (Å²) in [4.78, 5) is 4.89. The van der Waals surface area contributed by atoms with E-state index in [1.165, 1.54) is 11.1 Å². The molecule has 1 aromatic heterocycles. The van der Waals surface area contributed by atoms with E-state index in [0.717, 1.165) is 39.3 Å². The van der Waals surface area contributed by atoms with Crippen LogP contribution in [0.5, 0.6) is 0 Å². The van der Waals surface area contributed by atoms with E-state index >= 15 is 0 Å². The lowest BCUT2D eigenvalue weighted by Gasteiger charge is -2.33. The fourth-order valence-corrected chi connectivity index (χ4v) is 3.33. The van der Waals surface area contributed by atoms with Crippen molar-refractivity contribution < 1.29 is 4.42 Å². The van der Waals surface area contributed by atoms with Gasteiger partial charge in [-0.2, -0.15) is 0 Å². The van der Waals surface area contributed by atoms with Crippen LogP contribution in [0.1, 0.15) is 22.9 Å². The summed E-state index contributed by atoms with van der Waals surface area (Å²) in [5, 5.41) is 8.42. The molecule has 2 heterocycles. The summed E-state index contributed by atoms with van der Waals surface area (Å²) in [6.07, 6.45) is 0.693. The van der Waals surface area contributed by atoms with Gasteiger partial charge in [-0.15, -0.1) is 10.2 Å². The number of hydrogen-bond acceptors (Lipinski definition) is 5. The van der Waals surface area contributed by atoms with E-state index < -0.39 is 0 Å². The fraction of sp³-hybridized carbons (Fsp3) is 0.333. The first-order valence-corrected chi connectivity index (χ1v) is 9.19. The molecular formula is C21H24N4O. The number of benzene rings is 2. The molecule has 0 amide bonds. The molecule has 0 unspecified atom stereocenters. The predicted octanol–water partition coefficient (Wildman–Crippen LogP) is 2.98. The van der Waals surface area contributed by atoms with Gasteiger partial charge >= 0.3 is 0 Å². The molecule has 0 radical (unpaired) electrons. The fourth-order valence-electron chi connectivity index (χ4n) is 3.33. The van der Waals surface area contributed by atoms with Crippen LogP contribution in [0.25, 0.3) is 0 Å². The molecule has 5 nitrogen and oxygen atoms in total. The summed E-state index contributed by atoms with van der Waals surface area (Å²) in [5.74, 6) is 1.40. The average molecular weight is 348 g/mol. The van der Waals surface area contributed by atoms with Gasteiger partial charge in [0.2, 0.25) is 11.8 Å². The SMILES string of the molecule is c1ccc(Cc2nnc(CN3CCN(Cc4ccccc4)CC3)o2)cc1. The second-order valence-corrected chi connectivity index (χ2v) is 6.79. The molecule has 0 atom stereocenters. The highest BCUT2D eigenvalue weighted by Crippen LogP contribution is 2.13. The molecular weight excluding hydrogens is 324 g/mol. The molecule has 0 N–H and O–H groups in total. The van der Waals surface area contributed by atoms with E-state index in [2.05, 4.69) is 62.5 Å². The average Bonchev–Trinajstić information content (AvgIpc) is 3.12. The summed E-state index contributed by atoms with van der Waals surface area (Å²) < 4.78 is 5.84. The summed E-state index contributed by atoms with van der Waals surface area (Å²) in [6, 6.07) is 20.9. The molecule has 4 rings (SSSR count). The van der Waals surface area contributed by atoms with Crippen LogP contribution < -0.4 is 0 Å². The van der Waals surface area contributed by atoms with E-state index in [1.807, 2.05) is 18.2 Å². The number of aromatic nitrogens is 2. The van der Waals surface area contributed by atoms with E-state index in [1.54, 1.807) is 0 Å². The molecule has 1 fully saturated rings. The van der Waals surface area contributed by atoms with Crippen LogP contribution >= 0.6 is 0 Å². The van der Waals surface area contributed by atoms with Crippen molar-refractivity contribution in [1.82, 2.24) is 20.0 Å². The Balaban J connectivity index is 1.26. The van der Waals surface area contributed by atoms with Crippen molar-refractivity contribution in [3.05, 3.63) is 83.6 Å². The Kier molecular flexibility index (Phi) is 5.38. The summed E-state index contributed by atoms with van der Waals surface area (Å²) >= 11 is 0. The number of hydrogen-bond donors (Lipinski definition) is 0. The standard InChI is InChI=1S/C21H24N4O/c1-3-7-18(8-4-1)15-20-22-23-21(26-20)17-25-13-11-24(12-14-25)16-19-9-5-2-6-10-19/h1-10H,11-17H2. The van der Waals surface area contributed by atoms with Gasteiger partial charge in [0, 0.05) is 32.7 Å². The highest BCUT2D eigenvalue weighted by molar-refractivity contribution is 5.17. The molecule has 134 valence electrons. The van der Waals surface area contributed by atoms with Crippen molar-refractivity contribution in [2.24, 2.45) is 0 Å². The van der Waals surface area contributed by atoms with Gasteiger partial charge in [-0.25, -0.2) is 0 Å². The molecule has 5 heteroatoms. The minimum Gasteiger partial charge on any atom is -0.424 e. The molecule has 0 bridgehead atoms. The zero-order chi connectivity index (χ0) is 17.6. The Labute approximate surface area is 154 Å². The van der Waals surface area contributed by atoms with E-state index in [4.69, 9.17) is 4.42 Å². The maximum atomic E-state index is 5.84. The van der Waals surface area contributed by atoms with Gasteiger partial charge in [0.1, 0.15) is 0 Å². The van der Waals surface area contributed by atoms with Crippen molar-refractivity contribution in [2.75, 3.05) is 26.2 Å². The van der Waals surface area contributed by atoms with Crippen molar-refractivity contribution in [2.45, 2.75) is 19.5 Å². The summed E-state index contributed by atoms with van der Waals surface area (Å²) in [5.41, 5.74) is 2.57. The molecule has 0 aliphatic carbocycles. The minimum absolute atomic E-state index is 0.689. The van der Waals surface area contributed by atoms with Crippen LogP contribution in [-0.2, 0) is 19.5 Å². The van der Waals surface area contributed by atoms with Gasteiger partial charge in [0.05, 0.1) is 13.0 Å². The van der Waals surface area contributed by atoms with Gasteiger partial charge in [-0.05, 0) is 11.1 Å². The van der Waals surface area contributed by atoms with Gasteiger partial charge in [0.15, 0.2) is 0 Å². The Morgan fingerprint density at radius 3 is 1.85 bits per heavy atom. The first kappa shape index (κ1) is 16.9. The second-order valence-electron chi connectivity index (χ2n) is 6.79. The van der Waals surface area contributed by atoms with E-state index in [9.17, 15) is 0 Å². The van der Waals surface area contributed by atoms with Crippen LogP contribution in [0.3, 0.4) is 0 Å². The Morgan fingerprint density at radius 1 is 0.654 bits per heavy atom. The normalized spacial score (nSPS) is 16.0. The zero-order valence-corrected chi connectivity index (χ0v) is 14.9. The minimum atomic E-state index is 0.689. The van der Waals surface area contributed by atoms with Crippen LogP contribution in [0.15, 0.2) is 65.1 Å². The third-order valence-electron chi connectivity index (χ3n) is 4.78. The molecule has 0 saturated carbocycles. The molecule has 26 heavy (non-hydrogen) atoms. The quantitative estimate of drug-likeness (QED) is 0.685. The molecule has 0 spiro atoms. The lowest BCUT2D eigenvalue weighted by molar-refractivity contribution is 0.114. The van der Waals surface area contributed by atoms with Crippen molar-refractivity contribution >= 4 is 0 Å². The van der Waals surface area contributed by atoms with Crippen LogP contribution in [0, 0.1) is 0 Å². The number of piperazine rings is 1. The monoisotopic (exact) mass is 348 g/mol. The number of nitrogens with zero attached hydrogens (tertiary/aromatic N) is 4.